The lowest BCUT2D eigenvalue weighted by molar-refractivity contribution is 0.324. The zero-order chi connectivity index (χ0) is 16.7. The van der Waals surface area contributed by atoms with Crippen LogP contribution < -0.4 is 5.32 Å². The molecule has 2 rings (SSSR count). The number of guanidine groups is 1. The number of nitrogens with one attached hydrogen (secondary N) is 1. The van der Waals surface area contributed by atoms with E-state index in [9.17, 15) is 0 Å². The van der Waals surface area contributed by atoms with Crippen LogP contribution in [-0.4, -0.2) is 56.0 Å². The Balaban J connectivity index is 1.79. The summed E-state index contributed by atoms with van der Waals surface area (Å²) in [5.74, 6) is 1.73. The fraction of sp³-hybridized carbons (Fsp3) is 0.632. The van der Waals surface area contributed by atoms with E-state index in [-0.39, 0.29) is 0 Å². The highest BCUT2D eigenvalue weighted by Crippen LogP contribution is 2.15. The third-order valence-corrected chi connectivity index (χ3v) is 4.57. The van der Waals surface area contributed by atoms with Crippen LogP contribution >= 0.6 is 0 Å². The summed E-state index contributed by atoms with van der Waals surface area (Å²) in [6.45, 7) is 9.98. The lowest BCUT2D eigenvalue weighted by Crippen LogP contribution is -2.41. The average molecular weight is 316 g/mol. The normalized spacial score (nSPS) is 19.1. The van der Waals surface area contributed by atoms with E-state index in [0.717, 1.165) is 25.0 Å². The number of hydrogen-bond acceptors (Lipinski definition) is 2. The highest BCUT2D eigenvalue weighted by Gasteiger charge is 2.22. The molecule has 4 nitrogen and oxygen atoms in total. The van der Waals surface area contributed by atoms with E-state index in [0.29, 0.717) is 0 Å². The minimum Gasteiger partial charge on any atom is -0.356 e. The van der Waals surface area contributed by atoms with E-state index < -0.39 is 0 Å². The monoisotopic (exact) mass is 316 g/mol. The molecule has 1 aromatic carbocycles. The minimum absolute atomic E-state index is 0.742. The zero-order valence-corrected chi connectivity index (χ0v) is 15.2. The summed E-state index contributed by atoms with van der Waals surface area (Å²) in [4.78, 5) is 9.21. The second-order valence-corrected chi connectivity index (χ2v) is 6.73. The second-order valence-electron chi connectivity index (χ2n) is 6.73. The first-order valence-corrected chi connectivity index (χ1v) is 8.82. The van der Waals surface area contributed by atoms with E-state index in [1.54, 1.807) is 0 Å². The molecule has 23 heavy (non-hydrogen) atoms. The molecular weight excluding hydrogens is 284 g/mol. The van der Waals surface area contributed by atoms with Gasteiger partial charge in [0.15, 0.2) is 5.96 Å². The Morgan fingerprint density at radius 1 is 1.35 bits per heavy atom. The lowest BCUT2D eigenvalue weighted by Gasteiger charge is -2.24. The fourth-order valence-electron chi connectivity index (χ4n) is 3.26. The van der Waals surface area contributed by atoms with Crippen LogP contribution in [0, 0.1) is 12.8 Å². The molecule has 1 unspecified atom stereocenters. The topological polar surface area (TPSA) is 30.9 Å². The SMILES string of the molecule is CCCN1CCC(CNC(=NC)N(C)Cc2ccc(C)cc2)C1. The number of benzene rings is 1. The van der Waals surface area contributed by atoms with Gasteiger partial charge in [-0.05, 0) is 44.3 Å². The summed E-state index contributed by atoms with van der Waals surface area (Å²) >= 11 is 0. The molecule has 4 heteroatoms. The molecular formula is C19H32N4. The van der Waals surface area contributed by atoms with Gasteiger partial charge in [0, 0.05) is 33.7 Å². The Morgan fingerprint density at radius 2 is 2.09 bits per heavy atom. The largest absolute Gasteiger partial charge is 0.356 e. The molecule has 1 aliphatic heterocycles. The predicted octanol–water partition coefficient (Wildman–Crippen LogP) is 2.73. The first kappa shape index (κ1) is 17.8. The molecule has 0 saturated carbocycles. The zero-order valence-electron chi connectivity index (χ0n) is 15.2. The van der Waals surface area contributed by atoms with Crippen molar-refractivity contribution in [2.75, 3.05) is 40.3 Å². The van der Waals surface area contributed by atoms with E-state index >= 15 is 0 Å². The lowest BCUT2D eigenvalue weighted by atomic mass is 10.1. The molecule has 0 radical (unpaired) electrons. The van der Waals surface area contributed by atoms with Gasteiger partial charge in [0.25, 0.3) is 0 Å². The van der Waals surface area contributed by atoms with E-state index in [1.165, 1.54) is 43.6 Å². The first-order valence-electron chi connectivity index (χ1n) is 8.82. The quantitative estimate of drug-likeness (QED) is 0.647. The van der Waals surface area contributed by atoms with Gasteiger partial charge in [-0.3, -0.25) is 4.99 Å². The van der Waals surface area contributed by atoms with E-state index in [4.69, 9.17) is 0 Å². The van der Waals surface area contributed by atoms with Crippen LogP contribution in [0.2, 0.25) is 0 Å². The number of rotatable bonds is 6. The van der Waals surface area contributed by atoms with Gasteiger partial charge < -0.3 is 15.1 Å². The summed E-state index contributed by atoms with van der Waals surface area (Å²) in [6, 6.07) is 8.72. The van der Waals surface area contributed by atoms with Crippen molar-refractivity contribution >= 4 is 5.96 Å². The van der Waals surface area contributed by atoms with Gasteiger partial charge in [-0.2, -0.15) is 0 Å². The van der Waals surface area contributed by atoms with Crippen molar-refractivity contribution in [1.82, 2.24) is 15.1 Å². The number of likely N-dealkylation sites (tertiary alicyclic amines) is 1. The Labute approximate surface area is 141 Å². The fourth-order valence-corrected chi connectivity index (χ4v) is 3.26. The summed E-state index contributed by atoms with van der Waals surface area (Å²) in [7, 11) is 3.97. The first-order chi connectivity index (χ1) is 11.1. The third-order valence-electron chi connectivity index (χ3n) is 4.57. The Hall–Kier alpha value is -1.55. The summed E-state index contributed by atoms with van der Waals surface area (Å²) in [6.07, 6.45) is 2.55. The summed E-state index contributed by atoms with van der Waals surface area (Å²) in [5, 5.41) is 3.55. The van der Waals surface area contributed by atoms with Crippen molar-refractivity contribution in [3.8, 4) is 0 Å². The Kier molecular flexibility index (Phi) is 6.90. The molecule has 1 saturated heterocycles. The number of hydrogen-bond donors (Lipinski definition) is 1. The molecule has 1 fully saturated rings. The smallest absolute Gasteiger partial charge is 0.193 e. The van der Waals surface area contributed by atoms with Gasteiger partial charge in [-0.15, -0.1) is 0 Å². The molecule has 0 spiro atoms. The van der Waals surface area contributed by atoms with Crippen LogP contribution in [0.4, 0.5) is 0 Å². The summed E-state index contributed by atoms with van der Waals surface area (Å²) < 4.78 is 0. The van der Waals surface area contributed by atoms with E-state index in [2.05, 4.69) is 65.3 Å². The molecule has 1 atom stereocenters. The standard InChI is InChI=1S/C19H32N4/c1-5-11-23-12-10-18(15-23)13-21-19(20-3)22(4)14-17-8-6-16(2)7-9-17/h6-9,18H,5,10-15H2,1-4H3,(H,20,21). The van der Waals surface area contributed by atoms with Crippen LogP contribution in [0.15, 0.2) is 29.3 Å². The molecule has 0 amide bonds. The van der Waals surface area contributed by atoms with Crippen molar-refractivity contribution in [1.29, 1.82) is 0 Å². The van der Waals surface area contributed by atoms with Gasteiger partial charge in [0.1, 0.15) is 0 Å². The molecule has 0 aromatic heterocycles. The highest BCUT2D eigenvalue weighted by molar-refractivity contribution is 5.79. The van der Waals surface area contributed by atoms with Gasteiger partial charge in [0.2, 0.25) is 0 Å². The predicted molar refractivity (Wildman–Crippen MR) is 98.8 cm³/mol. The van der Waals surface area contributed by atoms with Crippen molar-refractivity contribution < 1.29 is 0 Å². The van der Waals surface area contributed by atoms with Gasteiger partial charge in [-0.1, -0.05) is 36.8 Å². The van der Waals surface area contributed by atoms with Crippen molar-refractivity contribution in [2.24, 2.45) is 10.9 Å². The van der Waals surface area contributed by atoms with Crippen molar-refractivity contribution in [3.63, 3.8) is 0 Å². The number of aryl methyl sites for hydroxylation is 1. The molecule has 0 aliphatic carbocycles. The molecule has 1 N–H and O–H groups in total. The van der Waals surface area contributed by atoms with Gasteiger partial charge >= 0.3 is 0 Å². The van der Waals surface area contributed by atoms with Crippen molar-refractivity contribution in [2.45, 2.75) is 33.2 Å². The van der Waals surface area contributed by atoms with Crippen LogP contribution in [-0.2, 0) is 6.54 Å². The number of nitrogens with zero attached hydrogens (tertiary/aromatic N) is 3. The second kappa shape index (κ2) is 8.92. The van der Waals surface area contributed by atoms with Gasteiger partial charge in [-0.25, -0.2) is 0 Å². The van der Waals surface area contributed by atoms with Crippen molar-refractivity contribution in [3.05, 3.63) is 35.4 Å². The average Bonchev–Trinajstić information content (AvgIpc) is 2.98. The van der Waals surface area contributed by atoms with E-state index in [1.807, 2.05) is 7.05 Å². The maximum Gasteiger partial charge on any atom is 0.193 e. The summed E-state index contributed by atoms with van der Waals surface area (Å²) in [5.41, 5.74) is 2.62. The molecule has 1 heterocycles. The third kappa shape index (κ3) is 5.54. The molecule has 0 bridgehead atoms. The van der Waals surface area contributed by atoms with Gasteiger partial charge in [0.05, 0.1) is 0 Å². The van der Waals surface area contributed by atoms with Crippen LogP contribution in [0.3, 0.4) is 0 Å². The maximum absolute atomic E-state index is 4.44. The minimum atomic E-state index is 0.742. The Morgan fingerprint density at radius 3 is 2.74 bits per heavy atom. The molecule has 128 valence electrons. The number of aliphatic imine (C=N–C) groups is 1. The molecule has 1 aliphatic rings. The van der Waals surface area contributed by atoms with Crippen LogP contribution in [0.25, 0.3) is 0 Å². The highest BCUT2D eigenvalue weighted by atomic mass is 15.3. The van der Waals surface area contributed by atoms with Crippen LogP contribution in [0.5, 0.6) is 0 Å². The van der Waals surface area contributed by atoms with Crippen LogP contribution in [0.1, 0.15) is 30.9 Å². The maximum atomic E-state index is 4.44. The molecule has 1 aromatic rings. The Bertz CT molecular complexity index is 495.